The number of hydrogen-bond donors (Lipinski definition) is 1. The monoisotopic (exact) mass is 415 g/mol. The topological polar surface area (TPSA) is 76.1 Å². The molecule has 1 aromatic carbocycles. The van der Waals surface area contributed by atoms with Gasteiger partial charge in [-0.05, 0) is 48.6 Å². The molecule has 29 heavy (non-hydrogen) atoms. The van der Waals surface area contributed by atoms with E-state index < -0.39 is 17.7 Å². The minimum absolute atomic E-state index is 0.115. The molecule has 2 heterocycles. The number of carbonyl (C=O) groups excluding carboxylic acids is 2. The van der Waals surface area contributed by atoms with Gasteiger partial charge in [0, 0.05) is 17.0 Å². The fourth-order valence-electron chi connectivity index (χ4n) is 3.52. The molecule has 1 saturated heterocycles. The second kappa shape index (κ2) is 8.69. The fourth-order valence-corrected chi connectivity index (χ4v) is 4.56. The van der Waals surface area contributed by atoms with Gasteiger partial charge in [-0.3, -0.25) is 9.59 Å². The minimum Gasteiger partial charge on any atom is -0.507 e. The third-order valence-corrected chi connectivity index (χ3v) is 6.17. The van der Waals surface area contributed by atoms with E-state index in [0.717, 1.165) is 23.3 Å². The zero-order valence-corrected chi connectivity index (χ0v) is 17.8. The molecule has 1 aliphatic rings. The fraction of sp³-hybridized carbons (Fsp3) is 0.364. The Morgan fingerprint density at radius 3 is 2.48 bits per heavy atom. The molecule has 7 heteroatoms. The number of aliphatic hydroxyl groups excluding tert-OH is 1. The van der Waals surface area contributed by atoms with Crippen LogP contribution in [-0.2, 0) is 9.59 Å². The molecule has 6 nitrogen and oxygen atoms in total. The van der Waals surface area contributed by atoms with Crippen molar-refractivity contribution < 1.29 is 24.2 Å². The quantitative estimate of drug-likeness (QED) is 0.415. The van der Waals surface area contributed by atoms with Gasteiger partial charge < -0.3 is 19.5 Å². The van der Waals surface area contributed by atoms with E-state index >= 15 is 0 Å². The predicted molar refractivity (Wildman–Crippen MR) is 113 cm³/mol. The van der Waals surface area contributed by atoms with Gasteiger partial charge in [-0.15, -0.1) is 11.3 Å². The molecule has 1 N–H and O–H groups in total. The molecule has 0 spiro atoms. The van der Waals surface area contributed by atoms with Crippen molar-refractivity contribution in [3.05, 3.63) is 51.2 Å². The average Bonchev–Trinajstić information content (AvgIpc) is 3.26. The highest BCUT2D eigenvalue weighted by atomic mass is 32.1. The van der Waals surface area contributed by atoms with Crippen molar-refractivity contribution in [2.75, 3.05) is 20.8 Å². The number of unbranched alkanes of at least 4 members (excludes halogenated alkanes) is 1. The first kappa shape index (κ1) is 20.9. The van der Waals surface area contributed by atoms with Crippen LogP contribution in [0.2, 0.25) is 0 Å². The van der Waals surface area contributed by atoms with Gasteiger partial charge in [-0.1, -0.05) is 13.3 Å². The van der Waals surface area contributed by atoms with Crippen molar-refractivity contribution in [1.29, 1.82) is 0 Å². The Kier molecular flexibility index (Phi) is 6.27. The van der Waals surface area contributed by atoms with E-state index in [9.17, 15) is 14.7 Å². The summed E-state index contributed by atoms with van der Waals surface area (Å²) in [6.07, 6.45) is 1.68. The highest BCUT2D eigenvalue weighted by molar-refractivity contribution is 7.10. The van der Waals surface area contributed by atoms with Gasteiger partial charge in [0.2, 0.25) is 0 Å². The Morgan fingerprint density at radius 1 is 1.17 bits per heavy atom. The molecular formula is C22H25NO5S. The molecule has 154 valence electrons. The lowest BCUT2D eigenvalue weighted by Gasteiger charge is -2.24. The first-order chi connectivity index (χ1) is 13.9. The van der Waals surface area contributed by atoms with E-state index in [-0.39, 0.29) is 11.3 Å². The molecule has 1 fully saturated rings. The summed E-state index contributed by atoms with van der Waals surface area (Å²) >= 11 is 1.48. The Labute approximate surface area is 174 Å². The third-order valence-electron chi connectivity index (χ3n) is 5.10. The largest absolute Gasteiger partial charge is 0.507 e. The molecule has 0 aliphatic carbocycles. The van der Waals surface area contributed by atoms with Crippen LogP contribution in [-0.4, -0.2) is 42.5 Å². The maximum atomic E-state index is 12.9. The van der Waals surface area contributed by atoms with Crippen molar-refractivity contribution >= 4 is 28.8 Å². The lowest BCUT2D eigenvalue weighted by atomic mass is 9.98. The highest BCUT2D eigenvalue weighted by Crippen LogP contribution is 2.43. The van der Waals surface area contributed by atoms with Gasteiger partial charge in [0.1, 0.15) is 5.76 Å². The summed E-state index contributed by atoms with van der Waals surface area (Å²) in [5.41, 5.74) is 1.50. The van der Waals surface area contributed by atoms with Crippen molar-refractivity contribution in [3.63, 3.8) is 0 Å². The maximum absolute atomic E-state index is 12.9. The number of thiophene rings is 1. The number of hydrogen-bond acceptors (Lipinski definition) is 6. The van der Waals surface area contributed by atoms with Crippen LogP contribution in [0.3, 0.4) is 0 Å². The summed E-state index contributed by atoms with van der Waals surface area (Å²) in [5.74, 6) is -0.496. The highest BCUT2D eigenvalue weighted by Gasteiger charge is 2.46. The first-order valence-corrected chi connectivity index (χ1v) is 10.4. The van der Waals surface area contributed by atoms with E-state index in [2.05, 4.69) is 0 Å². The second-order valence-corrected chi connectivity index (χ2v) is 7.83. The number of nitrogens with zero attached hydrogens (tertiary/aromatic N) is 1. The molecule has 3 rings (SSSR count). The summed E-state index contributed by atoms with van der Waals surface area (Å²) in [7, 11) is 3.02. The molecule has 0 radical (unpaired) electrons. The van der Waals surface area contributed by atoms with Crippen LogP contribution in [0.4, 0.5) is 0 Å². The zero-order valence-electron chi connectivity index (χ0n) is 17.0. The van der Waals surface area contributed by atoms with Crippen molar-refractivity contribution in [1.82, 2.24) is 4.90 Å². The number of aryl methyl sites for hydroxylation is 1. The number of ketones is 1. The lowest BCUT2D eigenvalue weighted by molar-refractivity contribution is -0.139. The van der Waals surface area contributed by atoms with Gasteiger partial charge in [0.05, 0.1) is 25.8 Å². The number of amides is 1. The number of ether oxygens (including phenoxy) is 2. The molecule has 1 unspecified atom stereocenters. The van der Waals surface area contributed by atoms with Crippen molar-refractivity contribution in [3.8, 4) is 11.5 Å². The minimum atomic E-state index is -0.661. The van der Waals surface area contributed by atoms with Crippen LogP contribution in [0.15, 0.2) is 35.2 Å². The molecule has 0 bridgehead atoms. The summed E-state index contributed by atoms with van der Waals surface area (Å²) in [6, 6.07) is 6.28. The maximum Gasteiger partial charge on any atom is 0.295 e. The van der Waals surface area contributed by atoms with Gasteiger partial charge in [-0.2, -0.15) is 0 Å². The smallest absolute Gasteiger partial charge is 0.295 e. The molecule has 2 aromatic rings. The number of aliphatic hydroxyl groups is 1. The van der Waals surface area contributed by atoms with Crippen molar-refractivity contribution in [2.45, 2.75) is 32.7 Å². The number of rotatable bonds is 7. The second-order valence-electron chi connectivity index (χ2n) is 6.88. The Morgan fingerprint density at radius 2 is 1.90 bits per heavy atom. The average molecular weight is 416 g/mol. The van der Waals surface area contributed by atoms with Gasteiger partial charge in [0.15, 0.2) is 11.5 Å². The Balaban J connectivity index is 2.17. The molecule has 0 saturated carbocycles. The van der Waals surface area contributed by atoms with Crippen LogP contribution in [0.5, 0.6) is 11.5 Å². The Bertz CT molecular complexity index is 962. The van der Waals surface area contributed by atoms with Crippen molar-refractivity contribution in [2.24, 2.45) is 0 Å². The van der Waals surface area contributed by atoms with E-state index in [1.54, 1.807) is 23.1 Å². The normalized spacial score (nSPS) is 18.3. The summed E-state index contributed by atoms with van der Waals surface area (Å²) < 4.78 is 10.6. The van der Waals surface area contributed by atoms with Crippen LogP contribution in [0.25, 0.3) is 5.76 Å². The van der Waals surface area contributed by atoms with Crippen LogP contribution >= 0.6 is 11.3 Å². The lowest BCUT2D eigenvalue weighted by Crippen LogP contribution is -2.30. The molecule has 1 aliphatic heterocycles. The number of Topliss-reactive ketones (excluding diaryl/α,β-unsaturated/α-hetero) is 1. The molecule has 1 amide bonds. The van der Waals surface area contributed by atoms with E-state index in [1.807, 2.05) is 25.3 Å². The van der Waals surface area contributed by atoms with Crippen LogP contribution in [0.1, 0.15) is 41.8 Å². The SMILES string of the molecule is CCCCN1C(=O)C(=O)/C(=C(\O)c2ccc(OC)c(OC)c2)C1c1sccc1C. The molecular weight excluding hydrogens is 390 g/mol. The number of benzene rings is 1. The first-order valence-electron chi connectivity index (χ1n) is 9.49. The van der Waals surface area contributed by atoms with Crippen LogP contribution in [0, 0.1) is 6.92 Å². The van der Waals surface area contributed by atoms with Gasteiger partial charge >= 0.3 is 0 Å². The van der Waals surface area contributed by atoms with Crippen LogP contribution < -0.4 is 9.47 Å². The van der Waals surface area contributed by atoms with E-state index in [4.69, 9.17) is 9.47 Å². The van der Waals surface area contributed by atoms with Gasteiger partial charge in [0.25, 0.3) is 11.7 Å². The van der Waals surface area contributed by atoms with Gasteiger partial charge in [-0.25, -0.2) is 0 Å². The van der Waals surface area contributed by atoms with E-state index in [1.165, 1.54) is 25.6 Å². The summed E-state index contributed by atoms with van der Waals surface area (Å²) in [5, 5.41) is 13.0. The van der Waals surface area contributed by atoms with E-state index in [0.29, 0.717) is 23.6 Å². The molecule has 1 aromatic heterocycles. The number of methoxy groups -OCH3 is 2. The zero-order chi connectivity index (χ0) is 21.1. The summed E-state index contributed by atoms with van der Waals surface area (Å²) in [4.78, 5) is 28.2. The Hall–Kier alpha value is -2.80. The number of carbonyl (C=O) groups is 2. The standard InChI is InChI=1S/C22H25NO5S/c1-5-6-10-23-18(21-13(2)9-11-29-21)17(20(25)22(23)26)19(24)14-7-8-15(27-3)16(12-14)28-4/h7-9,11-12,18,24H,5-6,10H2,1-4H3/b19-17-. The summed E-state index contributed by atoms with van der Waals surface area (Å²) in [6.45, 7) is 4.44. The molecule has 1 atom stereocenters. The third kappa shape index (κ3) is 3.74. The predicted octanol–water partition coefficient (Wildman–Crippen LogP) is 4.30. The number of likely N-dealkylation sites (tertiary alicyclic amines) is 1.